The first-order chi connectivity index (χ1) is 8.45. The topological polar surface area (TPSA) is 56.2 Å². The second-order valence-corrected chi connectivity index (χ2v) is 5.32. The normalized spacial score (nSPS) is 14.6. The fourth-order valence-corrected chi connectivity index (χ4v) is 2.37. The molecule has 0 fully saturated rings. The average molecular weight is 245 g/mol. The molecule has 18 heavy (non-hydrogen) atoms. The van der Waals surface area contributed by atoms with Crippen molar-refractivity contribution in [3.8, 4) is 0 Å². The molecule has 1 aliphatic rings. The third-order valence-corrected chi connectivity index (χ3v) is 3.38. The summed E-state index contributed by atoms with van der Waals surface area (Å²) in [5.74, 6) is 0.522. The summed E-state index contributed by atoms with van der Waals surface area (Å²) in [5.41, 5.74) is 1.64. The fraction of sp³-hybridized carbons (Fsp3) is 0.429. The summed E-state index contributed by atoms with van der Waals surface area (Å²) in [7, 11) is 1.65. The van der Waals surface area contributed by atoms with E-state index in [2.05, 4.69) is 5.32 Å². The van der Waals surface area contributed by atoms with E-state index in [1.165, 1.54) is 0 Å². The molecule has 0 atom stereocenters. The number of hydrogen-bond acceptors (Lipinski definition) is 2. The Bertz CT molecular complexity index is 494. The monoisotopic (exact) mass is 245 g/mol. The Labute approximate surface area is 108 Å². The van der Waals surface area contributed by atoms with Gasteiger partial charge in [-0.05, 0) is 19.4 Å². The molecule has 0 aliphatic carbocycles. The summed E-state index contributed by atoms with van der Waals surface area (Å²) in [5, 5.41) is 10.8. The summed E-state index contributed by atoms with van der Waals surface area (Å²) in [6, 6.07) is 7.93. The van der Waals surface area contributed by atoms with Crippen LogP contribution in [0.5, 0.6) is 0 Å². The van der Waals surface area contributed by atoms with Crippen LogP contribution in [0.25, 0.3) is 0 Å². The molecule has 1 aliphatic heterocycles. The van der Waals surface area contributed by atoms with Gasteiger partial charge in [0.1, 0.15) is 5.84 Å². The van der Waals surface area contributed by atoms with Crippen LogP contribution in [0.2, 0.25) is 0 Å². The van der Waals surface area contributed by atoms with Gasteiger partial charge in [0.25, 0.3) is 0 Å². The quantitative estimate of drug-likeness (QED) is 0.850. The maximum Gasteiger partial charge on any atom is 0.227 e. The molecule has 2 N–H and O–H groups in total. The lowest BCUT2D eigenvalue weighted by Crippen LogP contribution is -2.44. The number of carbonyl (C=O) groups is 1. The number of benzene rings is 1. The van der Waals surface area contributed by atoms with E-state index >= 15 is 0 Å². The first kappa shape index (κ1) is 12.6. The first-order valence-corrected chi connectivity index (χ1v) is 6.09. The zero-order valence-corrected chi connectivity index (χ0v) is 11.1. The number of amidine groups is 1. The van der Waals surface area contributed by atoms with Crippen LogP contribution < -0.4 is 5.32 Å². The molecular formula is C14H19N3O. The summed E-state index contributed by atoms with van der Waals surface area (Å²) in [6.07, 6.45) is 0. The Morgan fingerprint density at radius 3 is 2.72 bits per heavy atom. The van der Waals surface area contributed by atoms with E-state index < -0.39 is 5.41 Å². The van der Waals surface area contributed by atoms with Crippen LogP contribution in [0.1, 0.15) is 25.0 Å². The lowest BCUT2D eigenvalue weighted by atomic mass is 9.91. The van der Waals surface area contributed by atoms with Crippen LogP contribution >= 0.6 is 0 Å². The van der Waals surface area contributed by atoms with Crippen LogP contribution in [-0.2, 0) is 11.3 Å². The molecule has 1 amide bonds. The number of fused-ring (bicyclic) bond motifs is 1. The molecule has 4 nitrogen and oxygen atoms in total. The summed E-state index contributed by atoms with van der Waals surface area (Å²) < 4.78 is 0. The molecule has 0 saturated heterocycles. The van der Waals surface area contributed by atoms with Gasteiger partial charge in [-0.25, -0.2) is 0 Å². The molecule has 1 aromatic carbocycles. The number of amides is 1. The molecule has 1 aromatic rings. The fourth-order valence-electron chi connectivity index (χ4n) is 2.37. The van der Waals surface area contributed by atoms with Gasteiger partial charge in [-0.15, -0.1) is 0 Å². The summed E-state index contributed by atoms with van der Waals surface area (Å²) in [4.78, 5) is 13.8. The van der Waals surface area contributed by atoms with E-state index in [4.69, 9.17) is 5.41 Å². The van der Waals surface area contributed by atoms with E-state index in [0.29, 0.717) is 12.4 Å². The molecule has 96 valence electrons. The third kappa shape index (κ3) is 2.10. The van der Waals surface area contributed by atoms with Crippen molar-refractivity contribution in [2.75, 3.05) is 13.6 Å². The minimum absolute atomic E-state index is 0.00579. The molecule has 2 rings (SSSR count). The SMILES string of the molecule is CNC(=O)C(C)(C)CN1Cc2ccccc2C1=N. The molecular weight excluding hydrogens is 226 g/mol. The van der Waals surface area contributed by atoms with Crippen molar-refractivity contribution < 1.29 is 4.79 Å². The van der Waals surface area contributed by atoms with Crippen molar-refractivity contribution in [2.24, 2.45) is 5.41 Å². The van der Waals surface area contributed by atoms with E-state index in [9.17, 15) is 4.79 Å². The second kappa shape index (κ2) is 4.44. The maximum absolute atomic E-state index is 11.8. The average Bonchev–Trinajstić information content (AvgIpc) is 2.65. The highest BCUT2D eigenvalue weighted by Crippen LogP contribution is 2.26. The summed E-state index contributed by atoms with van der Waals surface area (Å²) in [6.45, 7) is 5.08. The van der Waals surface area contributed by atoms with Gasteiger partial charge in [0.05, 0.1) is 5.41 Å². The number of nitrogens with zero attached hydrogens (tertiary/aromatic N) is 1. The van der Waals surface area contributed by atoms with Crippen molar-refractivity contribution in [1.29, 1.82) is 5.41 Å². The van der Waals surface area contributed by atoms with Gasteiger partial charge in [0.15, 0.2) is 0 Å². The highest BCUT2D eigenvalue weighted by Gasteiger charge is 2.33. The standard InChI is InChI=1S/C14H19N3O/c1-14(2,13(18)16-3)9-17-8-10-6-4-5-7-11(10)12(17)15/h4-7,15H,8-9H2,1-3H3,(H,16,18). The van der Waals surface area contributed by atoms with Gasteiger partial charge in [-0.1, -0.05) is 24.3 Å². The third-order valence-electron chi connectivity index (χ3n) is 3.38. The van der Waals surface area contributed by atoms with Gasteiger partial charge in [0.2, 0.25) is 5.91 Å². The predicted octanol–water partition coefficient (Wildman–Crippen LogP) is 1.60. The van der Waals surface area contributed by atoms with Crippen LogP contribution in [0, 0.1) is 10.8 Å². The zero-order chi connectivity index (χ0) is 13.3. The molecule has 0 saturated carbocycles. The van der Waals surface area contributed by atoms with Crippen LogP contribution in [-0.4, -0.2) is 30.2 Å². The number of hydrogen-bond donors (Lipinski definition) is 2. The number of nitrogens with one attached hydrogen (secondary N) is 2. The smallest absolute Gasteiger partial charge is 0.227 e. The minimum Gasteiger partial charge on any atom is -0.359 e. The Hall–Kier alpha value is -1.84. The molecule has 0 radical (unpaired) electrons. The highest BCUT2D eigenvalue weighted by molar-refractivity contribution is 6.00. The molecule has 0 bridgehead atoms. The van der Waals surface area contributed by atoms with Gasteiger partial charge < -0.3 is 10.2 Å². The van der Waals surface area contributed by atoms with Crippen molar-refractivity contribution in [3.05, 3.63) is 35.4 Å². The predicted molar refractivity (Wildman–Crippen MR) is 71.5 cm³/mol. The van der Waals surface area contributed by atoms with Crippen molar-refractivity contribution in [1.82, 2.24) is 10.2 Å². The van der Waals surface area contributed by atoms with Crippen molar-refractivity contribution in [2.45, 2.75) is 20.4 Å². The Morgan fingerprint density at radius 1 is 1.44 bits per heavy atom. The van der Waals surface area contributed by atoms with E-state index in [-0.39, 0.29) is 5.91 Å². The first-order valence-electron chi connectivity index (χ1n) is 6.09. The molecule has 1 heterocycles. The van der Waals surface area contributed by atoms with Gasteiger partial charge in [0, 0.05) is 25.7 Å². The van der Waals surface area contributed by atoms with Gasteiger partial charge in [-0.2, -0.15) is 0 Å². The molecule has 0 spiro atoms. The molecule has 0 aromatic heterocycles. The highest BCUT2D eigenvalue weighted by atomic mass is 16.2. The summed E-state index contributed by atoms with van der Waals surface area (Å²) >= 11 is 0. The zero-order valence-electron chi connectivity index (χ0n) is 11.1. The van der Waals surface area contributed by atoms with Crippen molar-refractivity contribution >= 4 is 11.7 Å². The van der Waals surface area contributed by atoms with E-state index in [1.54, 1.807) is 7.05 Å². The van der Waals surface area contributed by atoms with Crippen LogP contribution in [0.4, 0.5) is 0 Å². The Kier molecular flexibility index (Phi) is 3.11. The number of rotatable bonds is 3. The molecule has 0 unspecified atom stereocenters. The van der Waals surface area contributed by atoms with Gasteiger partial charge >= 0.3 is 0 Å². The van der Waals surface area contributed by atoms with E-state index in [0.717, 1.165) is 17.7 Å². The van der Waals surface area contributed by atoms with Gasteiger partial charge in [-0.3, -0.25) is 10.2 Å². The lowest BCUT2D eigenvalue weighted by Gasteiger charge is -2.29. The van der Waals surface area contributed by atoms with E-state index in [1.807, 2.05) is 43.0 Å². The Balaban J connectivity index is 2.15. The molecule has 4 heteroatoms. The Morgan fingerprint density at radius 2 is 2.11 bits per heavy atom. The largest absolute Gasteiger partial charge is 0.359 e. The van der Waals surface area contributed by atoms with Crippen molar-refractivity contribution in [3.63, 3.8) is 0 Å². The maximum atomic E-state index is 11.8. The number of carbonyl (C=O) groups excluding carboxylic acids is 1. The second-order valence-electron chi connectivity index (χ2n) is 5.32. The van der Waals surface area contributed by atoms with Crippen LogP contribution in [0.3, 0.4) is 0 Å². The minimum atomic E-state index is -0.497. The van der Waals surface area contributed by atoms with Crippen LogP contribution in [0.15, 0.2) is 24.3 Å². The lowest BCUT2D eigenvalue weighted by molar-refractivity contribution is -0.129.